The van der Waals surface area contributed by atoms with E-state index in [0.29, 0.717) is 19.4 Å². The summed E-state index contributed by atoms with van der Waals surface area (Å²) in [5, 5.41) is 9.11. The van der Waals surface area contributed by atoms with Crippen LogP contribution in [0.15, 0.2) is 0 Å². The summed E-state index contributed by atoms with van der Waals surface area (Å²) < 4.78 is 0. The normalized spacial score (nSPS) is 20.4. The third-order valence-electron chi connectivity index (χ3n) is 2.88. The number of hydrogen-bond donors (Lipinski definition) is 1. The van der Waals surface area contributed by atoms with Crippen LogP contribution in [0.25, 0.3) is 0 Å². The molecule has 4 nitrogen and oxygen atoms in total. The Kier molecular flexibility index (Phi) is 5.05. The van der Waals surface area contributed by atoms with Crippen LogP contribution < -0.4 is 0 Å². The lowest BCUT2D eigenvalue weighted by Gasteiger charge is -2.34. The van der Waals surface area contributed by atoms with Gasteiger partial charge in [0.2, 0.25) is 0 Å². The van der Waals surface area contributed by atoms with Gasteiger partial charge in [-0.2, -0.15) is 0 Å². The summed E-state index contributed by atoms with van der Waals surface area (Å²) >= 11 is 5.12. The van der Waals surface area contributed by atoms with Crippen molar-refractivity contribution in [3.8, 4) is 0 Å². The number of ketones is 1. The SMILES string of the molecule is CC(C)CC(=O)C(=S)N1CCCCC1C(=O)O. The topological polar surface area (TPSA) is 57.6 Å². The van der Waals surface area contributed by atoms with Crippen LogP contribution in [0.1, 0.15) is 39.5 Å². The molecule has 96 valence electrons. The first-order valence-electron chi connectivity index (χ1n) is 6.00. The Hall–Kier alpha value is -0.970. The average molecular weight is 257 g/mol. The number of thiocarbonyl (C=S) groups is 1. The Morgan fingerprint density at radius 2 is 2.06 bits per heavy atom. The smallest absolute Gasteiger partial charge is 0.326 e. The summed E-state index contributed by atoms with van der Waals surface area (Å²) in [7, 11) is 0. The van der Waals surface area contributed by atoms with Crippen molar-refractivity contribution in [3.05, 3.63) is 0 Å². The van der Waals surface area contributed by atoms with E-state index in [9.17, 15) is 9.59 Å². The Labute approximate surface area is 107 Å². The summed E-state index contributed by atoms with van der Waals surface area (Å²) in [5.74, 6) is -0.749. The lowest BCUT2D eigenvalue weighted by molar-refractivity contribution is -0.142. The molecule has 5 heteroatoms. The van der Waals surface area contributed by atoms with Crippen molar-refractivity contribution >= 4 is 29.0 Å². The molecule has 1 aliphatic rings. The van der Waals surface area contributed by atoms with E-state index in [1.807, 2.05) is 13.8 Å². The minimum Gasteiger partial charge on any atom is -0.480 e. The first-order valence-corrected chi connectivity index (χ1v) is 6.41. The molecule has 0 aliphatic carbocycles. The van der Waals surface area contributed by atoms with E-state index in [1.165, 1.54) is 0 Å². The minimum atomic E-state index is -0.885. The van der Waals surface area contributed by atoms with Crippen LogP contribution >= 0.6 is 12.2 Å². The molecular formula is C12H19NO3S. The Morgan fingerprint density at radius 1 is 1.41 bits per heavy atom. The summed E-state index contributed by atoms with van der Waals surface area (Å²) in [4.78, 5) is 24.7. The van der Waals surface area contributed by atoms with Crippen LogP contribution in [0, 0.1) is 5.92 Å². The fourth-order valence-corrected chi connectivity index (χ4v) is 2.35. The molecule has 1 saturated heterocycles. The first-order chi connectivity index (χ1) is 7.93. The monoisotopic (exact) mass is 257 g/mol. The highest BCUT2D eigenvalue weighted by Crippen LogP contribution is 2.19. The molecule has 17 heavy (non-hydrogen) atoms. The van der Waals surface area contributed by atoms with E-state index in [4.69, 9.17) is 17.3 Å². The number of rotatable bonds is 4. The zero-order chi connectivity index (χ0) is 13.0. The molecule has 0 spiro atoms. The van der Waals surface area contributed by atoms with Crippen molar-refractivity contribution in [1.29, 1.82) is 0 Å². The average Bonchev–Trinajstić information content (AvgIpc) is 2.27. The zero-order valence-corrected chi connectivity index (χ0v) is 11.1. The van der Waals surface area contributed by atoms with E-state index < -0.39 is 12.0 Å². The highest BCUT2D eigenvalue weighted by Gasteiger charge is 2.32. The lowest BCUT2D eigenvalue weighted by atomic mass is 10.0. The molecule has 1 aliphatic heterocycles. The number of carboxylic acid groups (broad SMARTS) is 1. The fraction of sp³-hybridized carbons (Fsp3) is 0.750. The quantitative estimate of drug-likeness (QED) is 0.779. The Bertz CT molecular complexity index is 328. The van der Waals surface area contributed by atoms with Crippen molar-refractivity contribution < 1.29 is 14.7 Å². The van der Waals surface area contributed by atoms with E-state index in [0.717, 1.165) is 12.8 Å². The highest BCUT2D eigenvalue weighted by molar-refractivity contribution is 7.82. The van der Waals surface area contributed by atoms with Crippen molar-refractivity contribution in [2.24, 2.45) is 5.92 Å². The number of likely N-dealkylation sites (tertiary alicyclic amines) is 1. The fourth-order valence-electron chi connectivity index (χ4n) is 2.05. The van der Waals surface area contributed by atoms with E-state index in [-0.39, 0.29) is 16.7 Å². The Balaban J connectivity index is 2.71. The molecule has 0 aromatic rings. The van der Waals surface area contributed by atoms with Gasteiger partial charge in [-0.3, -0.25) is 4.79 Å². The second-order valence-corrected chi connectivity index (χ2v) is 5.26. The van der Waals surface area contributed by atoms with Gasteiger partial charge in [0.1, 0.15) is 11.0 Å². The number of aliphatic carboxylic acids is 1. The molecule has 1 atom stereocenters. The molecule has 0 aromatic carbocycles. The Morgan fingerprint density at radius 3 is 2.59 bits per heavy atom. The van der Waals surface area contributed by atoms with Gasteiger partial charge in [-0.1, -0.05) is 26.1 Å². The molecule has 1 N–H and O–H groups in total. The maximum Gasteiger partial charge on any atom is 0.326 e. The van der Waals surface area contributed by atoms with Gasteiger partial charge < -0.3 is 10.0 Å². The third kappa shape index (κ3) is 3.77. The first kappa shape index (κ1) is 14.1. The van der Waals surface area contributed by atoms with Crippen molar-refractivity contribution in [1.82, 2.24) is 4.90 Å². The van der Waals surface area contributed by atoms with E-state index in [1.54, 1.807) is 4.90 Å². The van der Waals surface area contributed by atoms with Crippen molar-refractivity contribution in [3.63, 3.8) is 0 Å². The number of nitrogens with zero attached hydrogens (tertiary/aromatic N) is 1. The van der Waals surface area contributed by atoms with Crippen LogP contribution in [-0.4, -0.2) is 39.3 Å². The predicted molar refractivity (Wildman–Crippen MR) is 69.0 cm³/mol. The number of carbonyl (C=O) groups is 2. The second kappa shape index (κ2) is 6.10. The molecule has 1 unspecified atom stereocenters. The molecule has 1 fully saturated rings. The van der Waals surface area contributed by atoms with Gasteiger partial charge in [-0.15, -0.1) is 0 Å². The van der Waals surface area contributed by atoms with Gasteiger partial charge in [-0.25, -0.2) is 4.79 Å². The van der Waals surface area contributed by atoms with Crippen molar-refractivity contribution in [2.45, 2.75) is 45.6 Å². The van der Waals surface area contributed by atoms with Crippen LogP contribution in [0.5, 0.6) is 0 Å². The summed E-state index contributed by atoms with van der Waals surface area (Å²) in [6.45, 7) is 4.48. The van der Waals surface area contributed by atoms with Gasteiger partial charge in [0.25, 0.3) is 0 Å². The highest BCUT2D eigenvalue weighted by atomic mass is 32.1. The van der Waals surface area contributed by atoms with Crippen molar-refractivity contribution in [2.75, 3.05) is 6.54 Å². The largest absolute Gasteiger partial charge is 0.480 e. The van der Waals surface area contributed by atoms with Gasteiger partial charge in [0.15, 0.2) is 5.78 Å². The number of carboxylic acids is 1. The number of Topliss-reactive ketones (excluding diaryl/α,β-unsaturated/α-hetero) is 1. The van der Waals surface area contributed by atoms with Gasteiger partial charge in [0, 0.05) is 13.0 Å². The number of piperidine rings is 1. The molecule has 1 heterocycles. The number of hydrogen-bond acceptors (Lipinski definition) is 3. The molecule has 0 radical (unpaired) electrons. The second-order valence-electron chi connectivity index (χ2n) is 4.87. The molecule has 0 bridgehead atoms. The van der Waals surface area contributed by atoms with Gasteiger partial charge in [-0.05, 0) is 25.2 Å². The van der Waals surface area contributed by atoms with Crippen LogP contribution in [0.2, 0.25) is 0 Å². The predicted octanol–water partition coefficient (Wildman–Crippen LogP) is 1.87. The zero-order valence-electron chi connectivity index (χ0n) is 10.3. The van der Waals surface area contributed by atoms with Gasteiger partial charge in [0.05, 0.1) is 0 Å². The van der Waals surface area contributed by atoms with Crippen LogP contribution in [0.3, 0.4) is 0 Å². The summed E-state index contributed by atoms with van der Waals surface area (Å²) in [5.41, 5.74) is 0. The molecule has 0 saturated carbocycles. The maximum atomic E-state index is 11.8. The molecular weight excluding hydrogens is 238 g/mol. The summed E-state index contributed by atoms with van der Waals surface area (Å²) in [6, 6.07) is -0.618. The summed E-state index contributed by atoms with van der Waals surface area (Å²) in [6.07, 6.45) is 2.75. The van der Waals surface area contributed by atoms with Gasteiger partial charge >= 0.3 is 5.97 Å². The molecule has 0 aromatic heterocycles. The minimum absolute atomic E-state index is 0.108. The molecule has 0 amide bonds. The van der Waals surface area contributed by atoms with Crippen LogP contribution in [0.4, 0.5) is 0 Å². The van der Waals surface area contributed by atoms with Crippen LogP contribution in [-0.2, 0) is 9.59 Å². The lowest BCUT2D eigenvalue weighted by Crippen LogP contribution is -2.49. The third-order valence-corrected chi connectivity index (χ3v) is 3.34. The number of carbonyl (C=O) groups excluding carboxylic acids is 1. The molecule has 1 rings (SSSR count). The maximum absolute atomic E-state index is 11.8. The van der Waals surface area contributed by atoms with E-state index in [2.05, 4.69) is 0 Å². The standard InChI is InChI=1S/C12H19NO3S/c1-8(2)7-10(14)11(17)13-6-4-3-5-9(13)12(15)16/h8-9H,3-7H2,1-2H3,(H,15,16). The van der Waals surface area contributed by atoms with E-state index >= 15 is 0 Å².